The molecule has 1 amide bonds. The third-order valence-electron chi connectivity index (χ3n) is 13.3. The zero-order valence-electron chi connectivity index (χ0n) is 37.8. The van der Waals surface area contributed by atoms with E-state index in [2.05, 4.69) is 32.6 Å². The molecule has 6 atom stereocenters. The number of allylic oxidation sites excluding steroid dienone is 1. The van der Waals surface area contributed by atoms with Gasteiger partial charge in [-0.05, 0) is 134 Å². The second-order valence-corrected chi connectivity index (χ2v) is 17.4. The van der Waals surface area contributed by atoms with Crippen molar-refractivity contribution in [2.75, 3.05) is 34.0 Å². The van der Waals surface area contributed by atoms with Gasteiger partial charge in [0.25, 0.3) is 5.69 Å². The highest BCUT2D eigenvalue weighted by Gasteiger charge is 2.65. The van der Waals surface area contributed by atoms with Gasteiger partial charge in [-0.3, -0.25) is 14.9 Å². The highest BCUT2D eigenvalue weighted by molar-refractivity contribution is 6.03. The Kier molecular flexibility index (Phi) is 15.4. The number of hydrogen-bond acceptors (Lipinski definition) is 11. The first-order valence-electron chi connectivity index (χ1n) is 22.6. The van der Waals surface area contributed by atoms with Crippen molar-refractivity contribution in [2.45, 2.75) is 89.6 Å². The molecule has 1 aliphatic heterocycles. The van der Waals surface area contributed by atoms with Gasteiger partial charge in [0, 0.05) is 50.3 Å². The summed E-state index contributed by atoms with van der Waals surface area (Å²) in [5, 5.41) is 36.2. The number of rotatable bonds is 21. The normalized spacial score (nSPS) is 22.5. The monoisotopic (exact) mass is 887 g/mol. The minimum Gasteiger partial charge on any atom is -0.497 e. The number of fused-ring (bicyclic) bond motifs is 2. The Morgan fingerprint density at radius 2 is 1.68 bits per heavy atom. The number of hydrogen-bond donors (Lipinski definition) is 2. The molecule has 0 radical (unpaired) electrons. The molecule has 1 fully saturated rings. The number of unbranched alkanes of at least 4 members (excludes halogenated alkanes) is 2. The number of ether oxygens (including phenoxy) is 4. The van der Waals surface area contributed by atoms with E-state index in [-0.39, 0.29) is 68.6 Å². The highest BCUT2D eigenvalue weighted by Crippen LogP contribution is 2.62. The molecule has 13 nitrogen and oxygen atoms in total. The molecule has 4 aromatic rings. The van der Waals surface area contributed by atoms with Gasteiger partial charge in [-0.1, -0.05) is 48.3 Å². The predicted octanol–water partition coefficient (Wildman–Crippen LogP) is 9.55. The highest BCUT2D eigenvalue weighted by atomic mass is 16.7. The standard InChI is InChI=1S/C52H61N3O10/c1-6-26-62-52-48(54(4)49(58)29-37-12-11-14-40(28-37)61-5)32-46(53-63-33-36-17-19-39(20-18-36)55(59)60)44-30-38(13-7-9-24-56)43(15-8-10-25-57)50(51(44)52)45-31-42(22-23-47(45)65-52)64-41-21-16-34(2)35(3)27-41/h6,11-12,14,16-23,27-28,30-31,38,43,48,50-51,56-57H,1,7-10,13,15,24-26,29,32-33H2,2-5H3/t38-,43+,48-,50+,51+,52+/m0/s1. The van der Waals surface area contributed by atoms with Crippen LogP contribution in [0.15, 0.2) is 114 Å². The molecule has 3 aliphatic rings. The Balaban J connectivity index is 1.39. The van der Waals surface area contributed by atoms with E-state index in [9.17, 15) is 25.1 Å². The number of oxime groups is 1. The Morgan fingerprint density at radius 3 is 2.38 bits per heavy atom. The molecule has 1 heterocycles. The minimum atomic E-state index is -1.42. The molecule has 1 saturated carbocycles. The quantitative estimate of drug-likeness (QED) is 0.0357. The number of aliphatic hydroxyl groups excluding tert-OH is 2. The Morgan fingerprint density at radius 1 is 0.938 bits per heavy atom. The summed E-state index contributed by atoms with van der Waals surface area (Å²) in [6.07, 6.45) is 8.74. The molecule has 0 saturated heterocycles. The summed E-state index contributed by atoms with van der Waals surface area (Å²) >= 11 is 0. The van der Waals surface area contributed by atoms with Crippen LogP contribution >= 0.6 is 0 Å². The smallest absolute Gasteiger partial charge is 0.269 e. The van der Waals surface area contributed by atoms with Crippen molar-refractivity contribution in [3.05, 3.63) is 147 Å². The largest absolute Gasteiger partial charge is 0.497 e. The average molecular weight is 888 g/mol. The van der Waals surface area contributed by atoms with Gasteiger partial charge in [-0.15, -0.1) is 6.58 Å². The maximum absolute atomic E-state index is 14.6. The number of aliphatic hydroxyl groups is 2. The molecule has 0 aromatic heterocycles. The topological polar surface area (TPSA) is 162 Å². The first kappa shape index (κ1) is 47.0. The van der Waals surface area contributed by atoms with Crippen molar-refractivity contribution in [1.29, 1.82) is 0 Å². The fourth-order valence-corrected chi connectivity index (χ4v) is 9.86. The third kappa shape index (κ3) is 10.4. The van der Waals surface area contributed by atoms with Crippen LogP contribution in [-0.4, -0.2) is 77.5 Å². The molecule has 0 spiro atoms. The van der Waals surface area contributed by atoms with Crippen LogP contribution in [0.1, 0.15) is 78.7 Å². The summed E-state index contributed by atoms with van der Waals surface area (Å²) in [7, 11) is 3.38. The lowest BCUT2D eigenvalue weighted by Crippen LogP contribution is -2.69. The van der Waals surface area contributed by atoms with Crippen LogP contribution in [0, 0.1) is 41.7 Å². The zero-order chi connectivity index (χ0) is 46.1. The van der Waals surface area contributed by atoms with Gasteiger partial charge in [-0.2, -0.15) is 0 Å². The number of nitro benzene ring substituents is 1. The zero-order valence-corrected chi connectivity index (χ0v) is 37.8. The SMILES string of the molecule is C=CCO[C@@]12Oc3ccc(Oc4ccc(C)c(C)c4)cc3[C@H]3[C@H](CCCCO)[C@@H](CCCCO)C=C(C(=NOCc4ccc([N+](=O)[O-])cc4)C[C@@H]1N(C)C(=O)Cc1cccc(OC)c1)[C@H]32. The second kappa shape index (κ2) is 21.3. The molecule has 7 rings (SSSR count). The van der Waals surface area contributed by atoms with E-state index in [0.29, 0.717) is 47.1 Å². The Bertz CT molecular complexity index is 2380. The fraction of sp³-hybridized carbons (Fsp3) is 0.423. The summed E-state index contributed by atoms with van der Waals surface area (Å²) in [5.41, 5.74) is 6.23. The van der Waals surface area contributed by atoms with E-state index in [1.807, 2.05) is 54.6 Å². The van der Waals surface area contributed by atoms with Crippen molar-refractivity contribution in [3.8, 4) is 23.0 Å². The second-order valence-electron chi connectivity index (χ2n) is 17.4. The van der Waals surface area contributed by atoms with Crippen LogP contribution in [-0.2, 0) is 27.4 Å². The lowest BCUT2D eigenvalue weighted by molar-refractivity contribution is -0.384. The van der Waals surface area contributed by atoms with E-state index >= 15 is 0 Å². The van der Waals surface area contributed by atoms with Gasteiger partial charge in [0.15, 0.2) is 0 Å². The summed E-state index contributed by atoms with van der Waals surface area (Å²) in [6, 6.07) is 24.9. The van der Waals surface area contributed by atoms with Gasteiger partial charge in [0.2, 0.25) is 11.7 Å². The average Bonchev–Trinajstić information content (AvgIpc) is 3.31. The molecule has 344 valence electrons. The molecular weight excluding hydrogens is 827 g/mol. The van der Waals surface area contributed by atoms with Gasteiger partial charge in [0.05, 0.1) is 36.7 Å². The number of likely N-dealkylation sites (N-methyl/N-ethyl adjacent to an activating group) is 1. The van der Waals surface area contributed by atoms with E-state index in [0.717, 1.165) is 47.9 Å². The molecule has 13 heteroatoms. The molecule has 65 heavy (non-hydrogen) atoms. The fourth-order valence-electron chi connectivity index (χ4n) is 9.86. The van der Waals surface area contributed by atoms with Gasteiger partial charge in [-0.25, -0.2) is 0 Å². The van der Waals surface area contributed by atoms with Crippen molar-refractivity contribution in [2.24, 2.45) is 22.9 Å². The maximum atomic E-state index is 14.6. The van der Waals surface area contributed by atoms with E-state index in [1.165, 1.54) is 17.7 Å². The van der Waals surface area contributed by atoms with Crippen LogP contribution in [0.5, 0.6) is 23.0 Å². The van der Waals surface area contributed by atoms with E-state index < -0.39 is 22.7 Å². The van der Waals surface area contributed by atoms with Crippen molar-refractivity contribution in [1.82, 2.24) is 4.90 Å². The number of carbonyl (C=O) groups excluding carboxylic acids is 1. The summed E-state index contributed by atoms with van der Waals surface area (Å²) < 4.78 is 26.4. The number of carbonyl (C=O) groups is 1. The third-order valence-corrected chi connectivity index (χ3v) is 13.3. The number of amides is 1. The lowest BCUT2D eigenvalue weighted by atomic mass is 9.55. The first-order valence-corrected chi connectivity index (χ1v) is 22.6. The first-order chi connectivity index (χ1) is 31.5. The molecule has 2 aliphatic carbocycles. The number of aryl methyl sites for hydroxylation is 2. The molecule has 2 N–H and O–H groups in total. The van der Waals surface area contributed by atoms with Crippen molar-refractivity contribution in [3.63, 3.8) is 0 Å². The number of non-ortho nitro benzene ring substituents is 1. The summed E-state index contributed by atoms with van der Waals surface area (Å²) in [4.78, 5) is 33.4. The van der Waals surface area contributed by atoms with Crippen molar-refractivity contribution >= 4 is 17.3 Å². The lowest BCUT2D eigenvalue weighted by Gasteiger charge is -2.59. The van der Waals surface area contributed by atoms with Crippen LogP contribution in [0.2, 0.25) is 0 Å². The molecular formula is C52H61N3O10. The van der Waals surface area contributed by atoms with Gasteiger partial charge in [0.1, 0.15) is 35.6 Å². The Labute approximate surface area is 381 Å². The van der Waals surface area contributed by atoms with Crippen LogP contribution < -0.4 is 14.2 Å². The number of methoxy groups -OCH3 is 1. The van der Waals surface area contributed by atoms with E-state index in [4.69, 9.17) is 28.9 Å². The van der Waals surface area contributed by atoms with E-state index in [1.54, 1.807) is 37.3 Å². The number of nitrogens with zero attached hydrogens (tertiary/aromatic N) is 3. The van der Waals surface area contributed by atoms with Crippen LogP contribution in [0.25, 0.3) is 0 Å². The van der Waals surface area contributed by atoms with Crippen LogP contribution in [0.3, 0.4) is 0 Å². The van der Waals surface area contributed by atoms with Gasteiger partial charge >= 0.3 is 0 Å². The number of nitro groups is 1. The van der Waals surface area contributed by atoms with Gasteiger partial charge < -0.3 is 38.9 Å². The van der Waals surface area contributed by atoms with Crippen LogP contribution in [0.4, 0.5) is 5.69 Å². The minimum absolute atomic E-state index is 0.0213. The Hall–Kier alpha value is -6.02. The van der Waals surface area contributed by atoms with Crippen molar-refractivity contribution < 1.29 is 43.7 Å². The maximum Gasteiger partial charge on any atom is 0.269 e. The predicted molar refractivity (Wildman–Crippen MR) is 248 cm³/mol. The molecule has 4 aromatic carbocycles. The molecule has 0 unspecified atom stereocenters. The summed E-state index contributed by atoms with van der Waals surface area (Å²) in [5.74, 6) is 0.365. The summed E-state index contributed by atoms with van der Waals surface area (Å²) in [6.45, 7) is 8.49. The molecule has 0 bridgehead atoms. The number of benzene rings is 4.